The van der Waals surface area contributed by atoms with Crippen molar-refractivity contribution < 1.29 is 23.9 Å². The summed E-state index contributed by atoms with van der Waals surface area (Å²) in [5.74, 6) is -0.421. The summed E-state index contributed by atoms with van der Waals surface area (Å²) in [6, 6.07) is 10.1. The molecule has 2 aromatic rings. The predicted octanol–water partition coefficient (Wildman–Crippen LogP) is 3.90. The average Bonchev–Trinajstić information content (AvgIpc) is 3.77. The Morgan fingerprint density at radius 3 is 2.61 bits per heavy atom. The number of ether oxygens (including phenoxy) is 2. The Morgan fingerprint density at radius 1 is 1.20 bits per heavy atom. The van der Waals surface area contributed by atoms with E-state index in [1.807, 2.05) is 19.1 Å². The summed E-state index contributed by atoms with van der Waals surface area (Å²) in [6.07, 6.45) is 8.10. The molecule has 6 N–H and O–H groups in total. The third-order valence-corrected chi connectivity index (χ3v) is 9.84. The smallest absolute Gasteiger partial charge is 0.350 e. The van der Waals surface area contributed by atoms with E-state index in [4.69, 9.17) is 20.9 Å². The van der Waals surface area contributed by atoms with Crippen LogP contribution in [0.1, 0.15) is 91.6 Å². The molecule has 0 spiro atoms. The van der Waals surface area contributed by atoms with Crippen molar-refractivity contribution in [1.82, 2.24) is 15.6 Å². The molecule has 0 bridgehead atoms. The maximum absolute atomic E-state index is 14.0. The number of Topliss-reactive ketones (excluding diaryl/α,β-unsaturated/α-hetero) is 2. The number of nitrogens with one attached hydrogen (secondary N) is 2. The van der Waals surface area contributed by atoms with Crippen molar-refractivity contribution in [3.05, 3.63) is 70.9 Å². The lowest BCUT2D eigenvalue weighted by Crippen LogP contribution is -2.51. The number of nitrogens with zero attached hydrogens (tertiary/aromatic N) is 2. The number of anilines is 1. The molecule has 1 aliphatic heterocycles. The highest BCUT2D eigenvalue weighted by atomic mass is 16.7. The van der Waals surface area contributed by atoms with Gasteiger partial charge in [-0.05, 0) is 62.8 Å². The van der Waals surface area contributed by atoms with E-state index in [-0.39, 0.29) is 48.1 Å². The van der Waals surface area contributed by atoms with Crippen LogP contribution in [0.4, 0.5) is 5.82 Å². The molecule has 11 nitrogen and oxygen atoms in total. The number of ketones is 2. The molecule has 1 aromatic carbocycles. The summed E-state index contributed by atoms with van der Waals surface area (Å²) in [6.45, 7) is 7.14. The highest BCUT2D eigenvalue weighted by Crippen LogP contribution is 2.58. The number of rotatable bonds is 12. The van der Waals surface area contributed by atoms with Gasteiger partial charge in [0.1, 0.15) is 5.82 Å². The first-order valence-corrected chi connectivity index (χ1v) is 16.2. The number of carbonyl (C=O) groups is 3. The Morgan fingerprint density at radius 2 is 1.93 bits per heavy atom. The van der Waals surface area contributed by atoms with Crippen LogP contribution in [0.3, 0.4) is 0 Å². The molecule has 2 fully saturated rings. The highest BCUT2D eigenvalue weighted by Gasteiger charge is 2.85. The van der Waals surface area contributed by atoms with Gasteiger partial charge < -0.3 is 31.6 Å². The quantitative estimate of drug-likeness (QED) is 0.0672. The Hall–Kier alpha value is -4.09. The number of pyridine rings is 1. The standard InChI is InChI=1S/C35H46N6O5/c1-5-22-11-12-27(39-6-2)24(18-22)20-45-32(44)35-31(43)26-10-8-7-9-25(26)30(42)34(35,46-35)15-13-21(3)17-28(41-33(37)38-4)23-14-16-40-29(36)19-23/h7-10,13-14,16,19,22,24,27-28,39H,5-6,11-12,15,17-18,20H2,1-4H3,(H2,36,40)(H3,37,38,41). The minimum Gasteiger partial charge on any atom is -0.463 e. The van der Waals surface area contributed by atoms with Gasteiger partial charge in [-0.15, -0.1) is 0 Å². The van der Waals surface area contributed by atoms with Crippen LogP contribution in [0.25, 0.3) is 0 Å². The first-order chi connectivity index (χ1) is 22.1. The molecule has 1 aromatic heterocycles. The summed E-state index contributed by atoms with van der Waals surface area (Å²) >= 11 is 0. The van der Waals surface area contributed by atoms with E-state index < -0.39 is 28.7 Å². The largest absolute Gasteiger partial charge is 0.463 e. The first kappa shape index (κ1) is 33.3. The Bertz CT molecular complexity index is 1540. The molecule has 2 aliphatic carbocycles. The number of aliphatic imine (C=N–C) groups is 1. The number of hydrogen-bond donors (Lipinski definition) is 4. The van der Waals surface area contributed by atoms with Gasteiger partial charge in [-0.25, -0.2) is 9.78 Å². The SMILES string of the molecule is CCNC1CCC(CC)CC1COC(=O)C12OC1(CC=C(C)CC(NC(N)=NC)c1ccnc(N)c1)C(=O)c1ccccc1C2=O. The van der Waals surface area contributed by atoms with Gasteiger partial charge in [0.25, 0.3) is 5.60 Å². The predicted molar refractivity (Wildman–Crippen MR) is 176 cm³/mol. The van der Waals surface area contributed by atoms with Crippen molar-refractivity contribution in [3.8, 4) is 0 Å². The number of benzene rings is 1. The average molecular weight is 631 g/mol. The Labute approximate surface area is 270 Å². The first-order valence-electron chi connectivity index (χ1n) is 16.2. The zero-order chi connectivity index (χ0) is 33.1. The molecule has 5 rings (SSSR count). The number of esters is 1. The minimum absolute atomic E-state index is 0.0246. The zero-order valence-electron chi connectivity index (χ0n) is 27.2. The minimum atomic E-state index is -2.02. The summed E-state index contributed by atoms with van der Waals surface area (Å²) in [5, 5.41) is 6.73. The number of fused-ring (bicyclic) bond motifs is 2. The van der Waals surface area contributed by atoms with Crippen LogP contribution in [-0.4, -0.2) is 65.9 Å². The van der Waals surface area contributed by atoms with Crippen molar-refractivity contribution in [2.75, 3.05) is 25.9 Å². The molecule has 6 atom stereocenters. The topological polar surface area (TPSA) is 174 Å². The van der Waals surface area contributed by atoms with Crippen LogP contribution in [-0.2, 0) is 14.3 Å². The summed E-state index contributed by atoms with van der Waals surface area (Å²) < 4.78 is 12.0. The van der Waals surface area contributed by atoms with Crippen LogP contribution in [0.15, 0.2) is 59.2 Å². The van der Waals surface area contributed by atoms with Crippen molar-refractivity contribution in [1.29, 1.82) is 0 Å². The van der Waals surface area contributed by atoms with Crippen molar-refractivity contribution in [3.63, 3.8) is 0 Å². The van der Waals surface area contributed by atoms with Crippen LogP contribution in [0, 0.1) is 11.8 Å². The third kappa shape index (κ3) is 6.18. The van der Waals surface area contributed by atoms with Crippen molar-refractivity contribution in [2.45, 2.75) is 82.6 Å². The number of guanidine groups is 1. The fourth-order valence-corrected chi connectivity index (χ4v) is 7.17. The van der Waals surface area contributed by atoms with E-state index in [0.29, 0.717) is 18.2 Å². The van der Waals surface area contributed by atoms with Crippen LogP contribution in [0.2, 0.25) is 0 Å². The second kappa shape index (κ2) is 13.7. The van der Waals surface area contributed by atoms with Gasteiger partial charge >= 0.3 is 5.97 Å². The molecule has 0 radical (unpaired) electrons. The highest BCUT2D eigenvalue weighted by molar-refractivity contribution is 6.32. The van der Waals surface area contributed by atoms with E-state index in [9.17, 15) is 14.4 Å². The fraction of sp³-hybridized carbons (Fsp3) is 0.514. The number of nitrogen functional groups attached to an aromatic ring is 1. The second-order valence-corrected chi connectivity index (χ2v) is 12.7. The van der Waals surface area contributed by atoms with Gasteiger partial charge in [0.05, 0.1) is 12.6 Å². The fourth-order valence-electron chi connectivity index (χ4n) is 7.17. The maximum Gasteiger partial charge on any atom is 0.350 e. The molecule has 46 heavy (non-hydrogen) atoms. The van der Waals surface area contributed by atoms with E-state index in [1.54, 1.807) is 43.6 Å². The van der Waals surface area contributed by atoms with Crippen molar-refractivity contribution >= 4 is 29.3 Å². The number of carbonyl (C=O) groups excluding carboxylic acids is 3. The third-order valence-electron chi connectivity index (χ3n) is 9.84. The lowest BCUT2D eigenvalue weighted by Gasteiger charge is -2.36. The Balaban J connectivity index is 1.40. The van der Waals surface area contributed by atoms with Gasteiger partial charge in [0.15, 0.2) is 17.3 Å². The van der Waals surface area contributed by atoms with Crippen molar-refractivity contribution in [2.24, 2.45) is 22.6 Å². The summed E-state index contributed by atoms with van der Waals surface area (Å²) in [5.41, 5.74) is 10.4. The number of aromatic nitrogens is 1. The molecular weight excluding hydrogens is 584 g/mol. The van der Waals surface area contributed by atoms with E-state index in [2.05, 4.69) is 34.5 Å². The number of hydrogen-bond acceptors (Lipinski definition) is 9. The second-order valence-electron chi connectivity index (χ2n) is 12.7. The van der Waals surface area contributed by atoms with Gasteiger partial charge in [-0.1, -0.05) is 56.2 Å². The molecule has 3 aliphatic rings. The maximum atomic E-state index is 14.0. The normalized spacial score (nSPS) is 28.2. The Kier molecular flexibility index (Phi) is 9.93. The molecule has 0 amide bonds. The molecular formula is C35H46N6O5. The van der Waals surface area contributed by atoms with Gasteiger partial charge in [-0.3, -0.25) is 14.6 Å². The lowest BCUT2D eigenvalue weighted by atomic mass is 9.72. The molecule has 246 valence electrons. The number of epoxide rings is 1. The van der Waals surface area contributed by atoms with Crippen LogP contribution in [0.5, 0.6) is 0 Å². The summed E-state index contributed by atoms with van der Waals surface area (Å²) in [7, 11) is 1.59. The van der Waals surface area contributed by atoms with Gasteiger partial charge in [-0.2, -0.15) is 0 Å². The molecule has 1 saturated carbocycles. The van der Waals surface area contributed by atoms with E-state index >= 15 is 0 Å². The monoisotopic (exact) mass is 630 g/mol. The molecule has 2 heterocycles. The molecule has 1 saturated heterocycles. The molecule has 6 unspecified atom stereocenters. The zero-order valence-corrected chi connectivity index (χ0v) is 27.2. The number of nitrogens with two attached hydrogens (primary N) is 2. The van der Waals surface area contributed by atoms with E-state index in [0.717, 1.165) is 43.4 Å². The summed E-state index contributed by atoms with van der Waals surface area (Å²) in [4.78, 5) is 50.1. The van der Waals surface area contributed by atoms with Gasteiger partial charge in [0.2, 0.25) is 5.78 Å². The van der Waals surface area contributed by atoms with Crippen LogP contribution < -0.4 is 22.1 Å². The lowest BCUT2D eigenvalue weighted by molar-refractivity contribution is -0.150. The van der Waals surface area contributed by atoms with Crippen LogP contribution >= 0.6 is 0 Å². The molecule has 11 heteroatoms. The van der Waals surface area contributed by atoms with E-state index in [1.165, 1.54) is 0 Å². The van der Waals surface area contributed by atoms with Gasteiger partial charge in [0, 0.05) is 42.8 Å².